The number of carboxylic acids is 1. The third-order valence-electron chi connectivity index (χ3n) is 3.60. The lowest BCUT2D eigenvalue weighted by molar-refractivity contribution is -0.132. The molecule has 1 aliphatic carbocycles. The molecule has 0 aromatic heterocycles. The summed E-state index contributed by atoms with van der Waals surface area (Å²) in [6.07, 6.45) is 4.13. The molecule has 0 spiro atoms. The predicted octanol–water partition coefficient (Wildman–Crippen LogP) is 3.80. The first-order valence-corrected chi connectivity index (χ1v) is 6.91. The minimum Gasteiger partial charge on any atom is -0.489 e. The van der Waals surface area contributed by atoms with Crippen molar-refractivity contribution < 1.29 is 19.0 Å². The van der Waals surface area contributed by atoms with Crippen LogP contribution in [0.1, 0.15) is 24.5 Å². The highest BCUT2D eigenvalue weighted by Gasteiger charge is 2.17. The van der Waals surface area contributed by atoms with Gasteiger partial charge in [0.1, 0.15) is 18.2 Å². The van der Waals surface area contributed by atoms with Crippen molar-refractivity contribution >= 4 is 5.97 Å². The second-order valence-corrected chi connectivity index (χ2v) is 5.52. The quantitative estimate of drug-likeness (QED) is 0.917. The van der Waals surface area contributed by atoms with E-state index in [2.05, 4.69) is 0 Å². The second-order valence-electron chi connectivity index (χ2n) is 5.52. The van der Waals surface area contributed by atoms with Gasteiger partial charge in [0.15, 0.2) is 0 Å². The third-order valence-corrected chi connectivity index (χ3v) is 3.60. The molecule has 4 heteroatoms. The SMILES string of the molecule is Cc1ccc(OCC2=CC(C(=O)O)=CC(C)C2)c(C)c1F. The van der Waals surface area contributed by atoms with Crippen molar-refractivity contribution in [3.8, 4) is 5.75 Å². The van der Waals surface area contributed by atoms with Gasteiger partial charge in [-0.1, -0.05) is 19.1 Å². The lowest BCUT2D eigenvalue weighted by Gasteiger charge is -2.18. The fourth-order valence-corrected chi connectivity index (χ4v) is 2.47. The monoisotopic (exact) mass is 290 g/mol. The van der Waals surface area contributed by atoms with E-state index in [9.17, 15) is 9.18 Å². The van der Waals surface area contributed by atoms with Crippen molar-refractivity contribution in [1.82, 2.24) is 0 Å². The van der Waals surface area contributed by atoms with Crippen LogP contribution in [0.5, 0.6) is 5.75 Å². The van der Waals surface area contributed by atoms with Crippen LogP contribution in [-0.2, 0) is 4.79 Å². The average molecular weight is 290 g/mol. The molecule has 1 aromatic rings. The van der Waals surface area contributed by atoms with Gasteiger partial charge in [0.2, 0.25) is 0 Å². The maximum atomic E-state index is 13.8. The number of halogens is 1. The van der Waals surface area contributed by atoms with Crippen molar-refractivity contribution in [2.24, 2.45) is 5.92 Å². The zero-order chi connectivity index (χ0) is 15.6. The molecule has 3 nitrogen and oxygen atoms in total. The van der Waals surface area contributed by atoms with Gasteiger partial charge in [-0.25, -0.2) is 9.18 Å². The number of aliphatic carboxylic acids is 1. The van der Waals surface area contributed by atoms with E-state index in [0.717, 1.165) is 12.0 Å². The molecule has 0 radical (unpaired) electrons. The molecule has 0 aliphatic heterocycles. The highest BCUT2D eigenvalue weighted by atomic mass is 19.1. The van der Waals surface area contributed by atoms with Crippen LogP contribution in [0.25, 0.3) is 0 Å². The number of hydrogen-bond acceptors (Lipinski definition) is 2. The Bertz CT molecular complexity index is 629. The Morgan fingerprint density at radius 3 is 2.81 bits per heavy atom. The summed E-state index contributed by atoms with van der Waals surface area (Å²) in [7, 11) is 0. The summed E-state index contributed by atoms with van der Waals surface area (Å²) < 4.78 is 19.5. The number of ether oxygens (including phenoxy) is 1. The summed E-state index contributed by atoms with van der Waals surface area (Å²) in [5.41, 5.74) is 2.26. The van der Waals surface area contributed by atoms with E-state index in [1.54, 1.807) is 38.1 Å². The fraction of sp³-hybridized carbons (Fsp3) is 0.353. The molecule has 21 heavy (non-hydrogen) atoms. The molecule has 112 valence electrons. The first-order chi connectivity index (χ1) is 9.88. The van der Waals surface area contributed by atoms with E-state index in [1.165, 1.54) is 0 Å². The van der Waals surface area contributed by atoms with Gasteiger partial charge in [-0.2, -0.15) is 0 Å². The smallest absolute Gasteiger partial charge is 0.335 e. The van der Waals surface area contributed by atoms with Crippen LogP contribution < -0.4 is 4.74 Å². The molecular formula is C17H19FO3. The number of rotatable bonds is 4. The first kappa shape index (κ1) is 15.3. The highest BCUT2D eigenvalue weighted by Crippen LogP contribution is 2.26. The van der Waals surface area contributed by atoms with Gasteiger partial charge in [-0.3, -0.25) is 0 Å². The number of carbonyl (C=O) groups is 1. The number of benzene rings is 1. The summed E-state index contributed by atoms with van der Waals surface area (Å²) in [5.74, 6) is -0.533. The number of aryl methyl sites for hydroxylation is 1. The second kappa shape index (κ2) is 6.12. The van der Waals surface area contributed by atoms with Crippen LogP contribution in [0.3, 0.4) is 0 Å². The zero-order valence-corrected chi connectivity index (χ0v) is 12.4. The van der Waals surface area contributed by atoms with Gasteiger partial charge in [-0.15, -0.1) is 0 Å². The maximum Gasteiger partial charge on any atom is 0.335 e. The number of carboxylic acid groups (broad SMARTS) is 1. The molecule has 1 atom stereocenters. The molecule has 1 unspecified atom stereocenters. The van der Waals surface area contributed by atoms with E-state index in [1.807, 2.05) is 6.92 Å². The molecule has 0 amide bonds. The van der Waals surface area contributed by atoms with Crippen LogP contribution in [0.4, 0.5) is 4.39 Å². The average Bonchev–Trinajstić information content (AvgIpc) is 2.43. The van der Waals surface area contributed by atoms with E-state index in [-0.39, 0.29) is 18.3 Å². The Labute approximate surface area is 123 Å². The fourth-order valence-electron chi connectivity index (χ4n) is 2.47. The van der Waals surface area contributed by atoms with Gasteiger partial charge in [-0.05, 0) is 49.5 Å². The van der Waals surface area contributed by atoms with E-state index < -0.39 is 5.97 Å². The van der Waals surface area contributed by atoms with Gasteiger partial charge in [0, 0.05) is 5.56 Å². The van der Waals surface area contributed by atoms with Crippen molar-refractivity contribution in [2.75, 3.05) is 6.61 Å². The van der Waals surface area contributed by atoms with Gasteiger partial charge < -0.3 is 9.84 Å². The summed E-state index contributed by atoms with van der Waals surface area (Å²) in [5, 5.41) is 9.07. The largest absolute Gasteiger partial charge is 0.489 e. The third kappa shape index (κ3) is 3.51. The minimum atomic E-state index is -0.934. The molecule has 0 heterocycles. The van der Waals surface area contributed by atoms with Crippen LogP contribution in [0.15, 0.2) is 35.4 Å². The van der Waals surface area contributed by atoms with Crippen LogP contribution in [-0.4, -0.2) is 17.7 Å². The highest BCUT2D eigenvalue weighted by molar-refractivity contribution is 5.90. The Balaban J connectivity index is 2.12. The lowest BCUT2D eigenvalue weighted by atomic mass is 9.92. The van der Waals surface area contributed by atoms with Crippen LogP contribution in [0, 0.1) is 25.6 Å². The van der Waals surface area contributed by atoms with Crippen molar-refractivity contribution in [1.29, 1.82) is 0 Å². The van der Waals surface area contributed by atoms with Gasteiger partial charge in [0.25, 0.3) is 0 Å². The Hall–Kier alpha value is -2.10. The predicted molar refractivity (Wildman–Crippen MR) is 79.0 cm³/mol. The standard InChI is InChI=1S/C17H19FO3/c1-10-6-13(8-14(7-10)17(19)20)9-21-15-5-4-11(2)16(18)12(15)3/h4-5,7-8,10H,6,9H2,1-3H3,(H,19,20). The zero-order valence-electron chi connectivity index (χ0n) is 12.4. The Morgan fingerprint density at radius 1 is 1.43 bits per heavy atom. The number of hydrogen-bond donors (Lipinski definition) is 1. The molecule has 1 N–H and O–H groups in total. The molecule has 0 saturated carbocycles. The summed E-state index contributed by atoms with van der Waals surface area (Å²) in [4.78, 5) is 11.1. The van der Waals surface area contributed by atoms with Crippen molar-refractivity contribution in [3.05, 3.63) is 52.4 Å². The first-order valence-electron chi connectivity index (χ1n) is 6.91. The lowest BCUT2D eigenvalue weighted by Crippen LogP contribution is -2.12. The number of allylic oxidation sites excluding steroid dienone is 1. The Kier molecular flexibility index (Phi) is 4.46. The van der Waals surface area contributed by atoms with Crippen molar-refractivity contribution in [3.63, 3.8) is 0 Å². The molecule has 0 saturated heterocycles. The van der Waals surface area contributed by atoms with Crippen LogP contribution in [0.2, 0.25) is 0 Å². The molecule has 0 fully saturated rings. The molecule has 2 rings (SSSR count). The van der Waals surface area contributed by atoms with Gasteiger partial charge >= 0.3 is 5.97 Å². The summed E-state index contributed by atoms with van der Waals surface area (Å²) >= 11 is 0. The Morgan fingerprint density at radius 2 is 2.14 bits per heavy atom. The van der Waals surface area contributed by atoms with Crippen LogP contribution >= 0.6 is 0 Å². The molecular weight excluding hydrogens is 271 g/mol. The normalized spacial score (nSPS) is 18.0. The molecule has 0 bridgehead atoms. The summed E-state index contributed by atoms with van der Waals surface area (Å²) in [6.45, 7) is 5.63. The molecule has 1 aliphatic rings. The van der Waals surface area contributed by atoms with Gasteiger partial charge in [0.05, 0.1) is 5.57 Å². The van der Waals surface area contributed by atoms with E-state index >= 15 is 0 Å². The summed E-state index contributed by atoms with van der Waals surface area (Å²) in [6, 6.07) is 3.42. The minimum absolute atomic E-state index is 0.163. The van der Waals surface area contributed by atoms with Crippen molar-refractivity contribution in [2.45, 2.75) is 27.2 Å². The van der Waals surface area contributed by atoms with E-state index in [4.69, 9.17) is 9.84 Å². The topological polar surface area (TPSA) is 46.5 Å². The molecule has 1 aromatic carbocycles. The van der Waals surface area contributed by atoms with E-state index in [0.29, 0.717) is 22.4 Å². The maximum absolute atomic E-state index is 13.8.